The average molecular weight is 347 g/mol. The number of halogens is 3. The minimum atomic E-state index is -0.536. The number of benzene rings is 2. The number of hydrogen-bond donors (Lipinski definition) is 0. The van der Waals surface area contributed by atoms with E-state index >= 15 is 0 Å². The van der Waals surface area contributed by atoms with Crippen molar-refractivity contribution in [1.82, 2.24) is 0 Å². The number of nitro groups is 1. The Morgan fingerprint density at radius 1 is 1.10 bits per heavy atom. The van der Waals surface area contributed by atoms with Crippen LogP contribution in [0.4, 0.5) is 5.69 Å². The van der Waals surface area contributed by atoms with E-state index in [1.165, 1.54) is 18.2 Å². The van der Waals surface area contributed by atoms with Gasteiger partial charge >= 0.3 is 0 Å². The van der Waals surface area contributed by atoms with Gasteiger partial charge in [-0.05, 0) is 30.2 Å². The van der Waals surface area contributed by atoms with Gasteiger partial charge in [-0.25, -0.2) is 0 Å². The Bertz CT molecular complexity index is 681. The van der Waals surface area contributed by atoms with E-state index in [2.05, 4.69) is 0 Å². The minimum Gasteiger partial charge on any atom is -0.453 e. The van der Waals surface area contributed by atoms with Gasteiger partial charge in [0, 0.05) is 12.1 Å². The number of nitrogens with zero attached hydrogens (tertiary/aromatic N) is 1. The number of ether oxygens (including phenoxy) is 1. The Morgan fingerprint density at radius 2 is 1.71 bits per heavy atom. The molecular weight excluding hydrogens is 337 g/mol. The summed E-state index contributed by atoms with van der Waals surface area (Å²) in [5.41, 5.74) is 0.859. The van der Waals surface area contributed by atoms with Crippen molar-refractivity contribution in [2.45, 2.75) is 13.3 Å². The highest BCUT2D eigenvalue weighted by molar-refractivity contribution is 6.37. The molecule has 0 bridgehead atoms. The lowest BCUT2D eigenvalue weighted by Gasteiger charge is -2.12. The van der Waals surface area contributed by atoms with E-state index in [0.29, 0.717) is 10.0 Å². The molecule has 0 aliphatic carbocycles. The van der Waals surface area contributed by atoms with Crippen LogP contribution < -0.4 is 4.74 Å². The Kier molecular flexibility index (Phi) is 4.93. The second-order valence-electron chi connectivity index (χ2n) is 4.22. The Hall–Kier alpha value is -1.49. The molecule has 0 aliphatic heterocycles. The van der Waals surface area contributed by atoms with Gasteiger partial charge in [-0.3, -0.25) is 10.1 Å². The van der Waals surface area contributed by atoms with Crippen LogP contribution in [-0.4, -0.2) is 4.92 Å². The zero-order chi connectivity index (χ0) is 15.6. The monoisotopic (exact) mass is 345 g/mol. The fourth-order valence-electron chi connectivity index (χ4n) is 1.71. The summed E-state index contributed by atoms with van der Waals surface area (Å²) < 4.78 is 5.59. The standard InChI is InChI=1S/C14H10Cl3NO3/c1-2-8-5-11(16)14(12(17)6-8)21-13-4-3-9(18(19)20)7-10(13)15/h3-7H,2H2,1H3. The van der Waals surface area contributed by atoms with Crippen LogP contribution in [0.25, 0.3) is 0 Å². The molecule has 0 aromatic heterocycles. The molecular formula is C14H10Cl3NO3. The summed E-state index contributed by atoms with van der Waals surface area (Å²) in [4.78, 5) is 10.1. The van der Waals surface area contributed by atoms with E-state index in [1.54, 1.807) is 12.1 Å². The van der Waals surface area contributed by atoms with Crippen molar-refractivity contribution < 1.29 is 9.66 Å². The molecule has 4 nitrogen and oxygen atoms in total. The fraction of sp³-hybridized carbons (Fsp3) is 0.143. The third kappa shape index (κ3) is 3.59. The molecule has 0 radical (unpaired) electrons. The van der Waals surface area contributed by atoms with Crippen LogP contribution >= 0.6 is 34.8 Å². The van der Waals surface area contributed by atoms with Crippen molar-refractivity contribution >= 4 is 40.5 Å². The molecule has 0 fully saturated rings. The van der Waals surface area contributed by atoms with Gasteiger partial charge in [-0.1, -0.05) is 41.7 Å². The predicted octanol–water partition coefficient (Wildman–Crippen LogP) is 5.91. The van der Waals surface area contributed by atoms with Crippen LogP contribution in [-0.2, 0) is 6.42 Å². The molecule has 2 aromatic rings. The second kappa shape index (κ2) is 6.52. The lowest BCUT2D eigenvalue weighted by atomic mass is 10.1. The summed E-state index contributed by atoms with van der Waals surface area (Å²) in [5, 5.41) is 11.5. The first kappa shape index (κ1) is 15.9. The fourth-order valence-corrected chi connectivity index (χ4v) is 2.53. The number of rotatable bonds is 4. The number of aryl methyl sites for hydroxylation is 1. The minimum absolute atomic E-state index is 0.107. The number of non-ortho nitro benzene ring substituents is 1. The molecule has 2 aromatic carbocycles. The summed E-state index contributed by atoms with van der Waals surface area (Å²) in [6.45, 7) is 1.98. The average Bonchev–Trinajstić information content (AvgIpc) is 2.43. The first-order valence-corrected chi connectivity index (χ1v) is 7.15. The first-order valence-electron chi connectivity index (χ1n) is 6.02. The summed E-state index contributed by atoms with van der Waals surface area (Å²) in [6.07, 6.45) is 0.790. The van der Waals surface area contributed by atoms with E-state index in [4.69, 9.17) is 39.5 Å². The molecule has 0 heterocycles. The maximum Gasteiger partial charge on any atom is 0.271 e. The van der Waals surface area contributed by atoms with Gasteiger partial charge < -0.3 is 4.74 Å². The molecule has 0 N–H and O–H groups in total. The molecule has 0 saturated carbocycles. The topological polar surface area (TPSA) is 52.4 Å². The SMILES string of the molecule is CCc1cc(Cl)c(Oc2ccc([N+](=O)[O-])cc2Cl)c(Cl)c1. The Morgan fingerprint density at radius 3 is 2.19 bits per heavy atom. The van der Waals surface area contributed by atoms with Crippen molar-refractivity contribution in [1.29, 1.82) is 0 Å². The van der Waals surface area contributed by atoms with E-state index in [9.17, 15) is 10.1 Å². The van der Waals surface area contributed by atoms with Gasteiger partial charge in [0.15, 0.2) is 5.75 Å². The highest BCUT2D eigenvalue weighted by Gasteiger charge is 2.15. The molecule has 2 rings (SSSR count). The van der Waals surface area contributed by atoms with Crippen molar-refractivity contribution in [3.63, 3.8) is 0 Å². The molecule has 0 spiro atoms. The van der Waals surface area contributed by atoms with Crippen molar-refractivity contribution in [3.05, 3.63) is 61.1 Å². The predicted molar refractivity (Wildman–Crippen MR) is 84.0 cm³/mol. The third-order valence-electron chi connectivity index (χ3n) is 2.80. The van der Waals surface area contributed by atoms with Gasteiger partial charge in [0.2, 0.25) is 0 Å². The van der Waals surface area contributed by atoms with E-state index < -0.39 is 4.92 Å². The van der Waals surface area contributed by atoms with Crippen molar-refractivity contribution in [3.8, 4) is 11.5 Å². The molecule has 110 valence electrons. The first-order chi connectivity index (χ1) is 9.92. The highest BCUT2D eigenvalue weighted by Crippen LogP contribution is 2.40. The smallest absolute Gasteiger partial charge is 0.271 e. The summed E-state index contributed by atoms with van der Waals surface area (Å²) >= 11 is 18.2. The Labute approximate surface area is 136 Å². The van der Waals surface area contributed by atoms with E-state index in [0.717, 1.165) is 12.0 Å². The third-order valence-corrected chi connectivity index (χ3v) is 3.66. The second-order valence-corrected chi connectivity index (χ2v) is 5.44. The van der Waals surface area contributed by atoms with Gasteiger partial charge in [0.05, 0.1) is 20.0 Å². The zero-order valence-electron chi connectivity index (χ0n) is 10.9. The van der Waals surface area contributed by atoms with Gasteiger partial charge in [-0.2, -0.15) is 0 Å². The Balaban J connectivity index is 2.37. The van der Waals surface area contributed by atoms with Crippen LogP contribution in [0.2, 0.25) is 15.1 Å². The largest absolute Gasteiger partial charge is 0.453 e. The van der Waals surface area contributed by atoms with Crippen LogP contribution in [0, 0.1) is 10.1 Å². The molecule has 21 heavy (non-hydrogen) atoms. The zero-order valence-corrected chi connectivity index (χ0v) is 13.2. The quantitative estimate of drug-likeness (QED) is 0.511. The van der Waals surface area contributed by atoms with E-state index in [-0.39, 0.29) is 22.2 Å². The lowest BCUT2D eigenvalue weighted by Crippen LogP contribution is -1.92. The number of hydrogen-bond acceptors (Lipinski definition) is 3. The maximum absolute atomic E-state index is 10.7. The molecule has 0 atom stereocenters. The normalized spacial score (nSPS) is 10.5. The lowest BCUT2D eigenvalue weighted by molar-refractivity contribution is -0.384. The molecule has 7 heteroatoms. The van der Waals surface area contributed by atoms with Crippen LogP contribution in [0.1, 0.15) is 12.5 Å². The van der Waals surface area contributed by atoms with Crippen LogP contribution in [0.15, 0.2) is 30.3 Å². The molecule has 0 saturated heterocycles. The number of nitro benzene ring substituents is 1. The van der Waals surface area contributed by atoms with Gasteiger partial charge in [-0.15, -0.1) is 0 Å². The van der Waals surface area contributed by atoms with Crippen molar-refractivity contribution in [2.75, 3.05) is 0 Å². The maximum atomic E-state index is 10.7. The van der Waals surface area contributed by atoms with Gasteiger partial charge in [0.25, 0.3) is 5.69 Å². The van der Waals surface area contributed by atoms with Crippen LogP contribution in [0.5, 0.6) is 11.5 Å². The van der Waals surface area contributed by atoms with E-state index in [1.807, 2.05) is 6.92 Å². The summed E-state index contributed by atoms with van der Waals surface area (Å²) in [7, 11) is 0. The van der Waals surface area contributed by atoms with Crippen molar-refractivity contribution in [2.24, 2.45) is 0 Å². The summed E-state index contributed by atoms with van der Waals surface area (Å²) in [6, 6.07) is 7.41. The van der Waals surface area contributed by atoms with Crippen LogP contribution in [0.3, 0.4) is 0 Å². The summed E-state index contributed by atoms with van der Waals surface area (Å²) in [5.74, 6) is 0.515. The molecule has 0 aliphatic rings. The molecule has 0 amide bonds. The molecule has 0 unspecified atom stereocenters. The van der Waals surface area contributed by atoms with Gasteiger partial charge in [0.1, 0.15) is 5.75 Å². The highest BCUT2D eigenvalue weighted by atomic mass is 35.5.